The molecule has 0 bridgehead atoms. The SMILES string of the molecule is CC(C)(C)[Si](C)(C)OC1[C@@H](O[P+](=O)O)[C@H](n2cnc3c(=O)[nH]ccc32)O[C@@H]1CO. The van der Waals surface area contributed by atoms with Crippen molar-refractivity contribution in [1.29, 1.82) is 0 Å². The molecule has 10 nitrogen and oxygen atoms in total. The first-order chi connectivity index (χ1) is 13.5. The van der Waals surface area contributed by atoms with Gasteiger partial charge in [-0.1, -0.05) is 20.8 Å². The van der Waals surface area contributed by atoms with Crippen molar-refractivity contribution in [3.05, 3.63) is 28.9 Å². The predicted molar refractivity (Wildman–Crippen MR) is 108 cm³/mol. The number of nitrogens with zero attached hydrogens (tertiary/aromatic N) is 2. The zero-order chi connectivity index (χ0) is 21.6. The highest BCUT2D eigenvalue weighted by atomic mass is 31.1. The summed E-state index contributed by atoms with van der Waals surface area (Å²) >= 11 is 0. The average molecular weight is 444 g/mol. The van der Waals surface area contributed by atoms with Crippen LogP contribution in [0.4, 0.5) is 0 Å². The molecule has 2 unspecified atom stereocenters. The van der Waals surface area contributed by atoms with Gasteiger partial charge in [0.15, 0.2) is 26.2 Å². The van der Waals surface area contributed by atoms with Crippen LogP contribution < -0.4 is 5.56 Å². The Labute approximate surface area is 169 Å². The smallest absolute Gasteiger partial charge is 0.408 e. The van der Waals surface area contributed by atoms with Gasteiger partial charge in [-0.3, -0.25) is 4.79 Å². The Balaban J connectivity index is 2.04. The summed E-state index contributed by atoms with van der Waals surface area (Å²) in [7, 11) is -5.29. The molecule has 2 aromatic rings. The number of fused-ring (bicyclic) bond motifs is 1. The van der Waals surface area contributed by atoms with E-state index < -0.39 is 41.1 Å². The van der Waals surface area contributed by atoms with Gasteiger partial charge in [0.05, 0.1) is 18.5 Å². The molecule has 29 heavy (non-hydrogen) atoms. The Hall–Kier alpha value is -1.46. The van der Waals surface area contributed by atoms with Crippen molar-refractivity contribution in [3.8, 4) is 0 Å². The van der Waals surface area contributed by atoms with E-state index in [0.717, 1.165) is 0 Å². The van der Waals surface area contributed by atoms with E-state index in [1.54, 1.807) is 10.6 Å². The summed E-state index contributed by atoms with van der Waals surface area (Å²) in [5.41, 5.74) is 0.320. The van der Waals surface area contributed by atoms with Gasteiger partial charge < -0.3 is 23.8 Å². The molecule has 5 atom stereocenters. The molecule has 0 spiro atoms. The first kappa shape index (κ1) is 22.2. The first-order valence-electron chi connectivity index (χ1n) is 9.27. The fourth-order valence-electron chi connectivity index (χ4n) is 3.13. The number of aromatic nitrogens is 3. The van der Waals surface area contributed by atoms with Crippen LogP contribution in [0, 0.1) is 0 Å². The minimum absolute atomic E-state index is 0.133. The third-order valence-electron chi connectivity index (χ3n) is 5.69. The number of hydrogen-bond donors (Lipinski definition) is 3. The number of H-pyrrole nitrogens is 1. The van der Waals surface area contributed by atoms with E-state index >= 15 is 0 Å². The monoisotopic (exact) mass is 444 g/mol. The quantitative estimate of drug-likeness (QED) is 0.455. The number of nitrogens with one attached hydrogen (secondary N) is 1. The molecular formula is C17H27N3O7PSi+. The largest absolute Gasteiger partial charge is 0.695 e. The molecule has 1 fully saturated rings. The number of aliphatic hydroxyl groups excluding tert-OH is 1. The van der Waals surface area contributed by atoms with Gasteiger partial charge in [0, 0.05) is 10.8 Å². The lowest BCUT2D eigenvalue weighted by Crippen LogP contribution is -2.50. The van der Waals surface area contributed by atoms with Crippen LogP contribution in [0.1, 0.15) is 27.0 Å². The summed E-state index contributed by atoms with van der Waals surface area (Å²) in [6.45, 7) is 9.93. The van der Waals surface area contributed by atoms with Crippen LogP contribution in [0.3, 0.4) is 0 Å². The molecule has 1 aliphatic heterocycles. The van der Waals surface area contributed by atoms with Crippen LogP contribution in [0.25, 0.3) is 11.0 Å². The molecule has 12 heteroatoms. The summed E-state index contributed by atoms with van der Waals surface area (Å²) < 4.78 is 30.9. The van der Waals surface area contributed by atoms with Crippen molar-refractivity contribution in [1.82, 2.24) is 14.5 Å². The molecule has 0 saturated carbocycles. The maximum atomic E-state index is 12.0. The second-order valence-electron chi connectivity index (χ2n) is 8.59. The summed E-state index contributed by atoms with van der Waals surface area (Å²) in [6, 6.07) is 1.65. The second kappa shape index (κ2) is 7.99. The van der Waals surface area contributed by atoms with E-state index in [0.29, 0.717) is 5.52 Å². The Morgan fingerprint density at radius 1 is 1.38 bits per heavy atom. The summed E-state index contributed by atoms with van der Waals surface area (Å²) in [4.78, 5) is 28.1. The van der Waals surface area contributed by atoms with Crippen molar-refractivity contribution >= 4 is 27.6 Å². The first-order valence-corrected chi connectivity index (χ1v) is 13.3. The van der Waals surface area contributed by atoms with Gasteiger partial charge in [-0.2, -0.15) is 0 Å². The molecule has 3 N–H and O–H groups in total. The fraction of sp³-hybridized carbons (Fsp3) is 0.647. The lowest BCUT2D eigenvalue weighted by Gasteiger charge is -2.39. The second-order valence-corrected chi connectivity index (χ2v) is 14.0. The number of aromatic amines is 1. The van der Waals surface area contributed by atoms with Gasteiger partial charge in [0.2, 0.25) is 0 Å². The van der Waals surface area contributed by atoms with Crippen molar-refractivity contribution in [2.75, 3.05) is 6.61 Å². The van der Waals surface area contributed by atoms with Crippen LogP contribution in [0.2, 0.25) is 18.1 Å². The number of ether oxygens (including phenoxy) is 1. The van der Waals surface area contributed by atoms with Gasteiger partial charge in [-0.05, 0) is 24.2 Å². The third kappa shape index (κ3) is 4.22. The number of aliphatic hydroxyl groups is 1. The highest BCUT2D eigenvalue weighted by molar-refractivity contribution is 7.32. The number of imidazole rings is 1. The van der Waals surface area contributed by atoms with Crippen LogP contribution in [0.5, 0.6) is 0 Å². The summed E-state index contributed by atoms with van der Waals surface area (Å²) in [5, 5.41) is 9.77. The average Bonchev–Trinajstić information content (AvgIpc) is 3.16. The molecule has 1 aliphatic rings. The molecule has 0 amide bonds. The van der Waals surface area contributed by atoms with Gasteiger partial charge in [0.25, 0.3) is 5.56 Å². The van der Waals surface area contributed by atoms with E-state index in [-0.39, 0.29) is 22.7 Å². The third-order valence-corrected chi connectivity index (χ3v) is 10.6. The van der Waals surface area contributed by atoms with Gasteiger partial charge in [-0.25, -0.2) is 4.98 Å². The lowest BCUT2D eigenvalue weighted by molar-refractivity contribution is -0.0478. The maximum absolute atomic E-state index is 12.0. The summed E-state index contributed by atoms with van der Waals surface area (Å²) in [6.07, 6.45) is -0.529. The molecule has 0 aliphatic carbocycles. The van der Waals surface area contributed by atoms with Crippen LogP contribution in [-0.2, 0) is 18.3 Å². The number of rotatable bonds is 6. The van der Waals surface area contributed by atoms with Crippen molar-refractivity contribution < 1.29 is 28.3 Å². The maximum Gasteiger partial charge on any atom is 0.695 e. The standard InChI is InChI=1S/C17H26N3O7PSi/c1-17(2,3)29(4,5)27-13-11(8-21)25-16(14(13)26-28(23)24)20-9-19-12-10(20)6-7-18-15(12)22/h6-7,9,11,13-14,16,21H,8H2,1-5H3,(H-,18,22,23,24)/p+1/t11-,13?,14-,16-/m1/s1. The number of hydrogen-bond acceptors (Lipinski definition) is 7. The Bertz CT molecular complexity index is 954. The minimum atomic E-state index is -2.96. The Morgan fingerprint density at radius 2 is 2.07 bits per heavy atom. The Kier molecular flexibility index (Phi) is 6.12. The highest BCUT2D eigenvalue weighted by Gasteiger charge is 2.54. The normalized spacial score (nSPS) is 26.2. The fourth-order valence-corrected chi connectivity index (χ4v) is 4.88. The molecule has 3 rings (SSSR count). The molecule has 160 valence electrons. The lowest BCUT2D eigenvalue weighted by atomic mass is 10.1. The molecule has 0 radical (unpaired) electrons. The van der Waals surface area contributed by atoms with Crippen LogP contribution in [0.15, 0.2) is 23.4 Å². The minimum Gasteiger partial charge on any atom is -0.408 e. The van der Waals surface area contributed by atoms with E-state index in [1.807, 2.05) is 13.1 Å². The Morgan fingerprint density at radius 3 is 2.66 bits per heavy atom. The molecule has 0 aromatic carbocycles. The van der Waals surface area contributed by atoms with E-state index in [4.69, 9.17) is 13.7 Å². The summed E-state index contributed by atoms with van der Waals surface area (Å²) in [5.74, 6) is 0. The van der Waals surface area contributed by atoms with E-state index in [9.17, 15) is 19.4 Å². The predicted octanol–water partition coefficient (Wildman–Crippen LogP) is 2.04. The van der Waals surface area contributed by atoms with Crippen molar-refractivity contribution in [2.45, 2.75) is 63.4 Å². The van der Waals surface area contributed by atoms with Crippen LogP contribution >= 0.6 is 8.25 Å². The number of pyridine rings is 1. The van der Waals surface area contributed by atoms with Crippen LogP contribution in [-0.4, -0.2) is 57.8 Å². The van der Waals surface area contributed by atoms with Crippen molar-refractivity contribution in [3.63, 3.8) is 0 Å². The van der Waals surface area contributed by atoms with Gasteiger partial charge in [0.1, 0.15) is 12.2 Å². The zero-order valence-electron chi connectivity index (χ0n) is 17.0. The molecule has 1 saturated heterocycles. The van der Waals surface area contributed by atoms with Gasteiger partial charge >= 0.3 is 8.25 Å². The molecular weight excluding hydrogens is 417 g/mol. The van der Waals surface area contributed by atoms with E-state index in [1.165, 1.54) is 12.5 Å². The molecule has 2 aromatic heterocycles. The zero-order valence-corrected chi connectivity index (χ0v) is 18.9. The van der Waals surface area contributed by atoms with Crippen molar-refractivity contribution in [2.24, 2.45) is 0 Å². The van der Waals surface area contributed by atoms with Gasteiger partial charge in [-0.15, -0.1) is 9.42 Å². The van der Waals surface area contributed by atoms with E-state index in [2.05, 4.69) is 30.7 Å². The molecule has 3 heterocycles. The topological polar surface area (TPSA) is 136 Å². The highest BCUT2D eigenvalue weighted by Crippen LogP contribution is 2.44.